The molecule has 0 atom stereocenters. The number of carbonyl (C=O) groups is 1. The quantitative estimate of drug-likeness (QED) is 0.462. The maximum absolute atomic E-state index is 13.2. The number of likely N-dealkylation sites (tertiary alicyclic amines) is 1. The molecule has 4 aromatic rings. The van der Waals surface area contributed by atoms with Crippen LogP contribution in [-0.2, 0) is 0 Å². The molecule has 1 aliphatic heterocycles. The second-order valence-electron chi connectivity index (χ2n) is 8.70. The maximum atomic E-state index is 13.2. The van der Waals surface area contributed by atoms with E-state index in [1.165, 1.54) is 0 Å². The van der Waals surface area contributed by atoms with Gasteiger partial charge in [-0.05, 0) is 37.8 Å². The molecule has 33 heavy (non-hydrogen) atoms. The number of carbonyl (C=O) groups excluding carboxylic acids is 1. The number of nitrogens with zero attached hydrogens (tertiary/aromatic N) is 6. The molecule has 2 aromatic heterocycles. The minimum atomic E-state index is -0.111. The molecule has 8 nitrogen and oxygen atoms in total. The van der Waals surface area contributed by atoms with E-state index >= 15 is 0 Å². The van der Waals surface area contributed by atoms with Crippen molar-refractivity contribution in [2.24, 2.45) is 0 Å². The molecular weight excluding hydrogens is 416 g/mol. The molecule has 2 fully saturated rings. The smallest absolute Gasteiger partial charge is 0.293 e. The summed E-state index contributed by atoms with van der Waals surface area (Å²) in [6.45, 7) is 1.23. The zero-order valence-corrected chi connectivity index (χ0v) is 18.2. The van der Waals surface area contributed by atoms with E-state index in [9.17, 15) is 4.79 Å². The van der Waals surface area contributed by atoms with Gasteiger partial charge in [-0.1, -0.05) is 53.7 Å². The molecule has 0 bridgehead atoms. The third-order valence-electron chi connectivity index (χ3n) is 6.37. The fraction of sp³-hybridized carbons (Fsp3) is 0.320. The Hall–Kier alpha value is -3.81. The lowest BCUT2D eigenvalue weighted by atomic mass is 9.96. The Morgan fingerprint density at radius 1 is 0.848 bits per heavy atom. The van der Waals surface area contributed by atoms with Crippen molar-refractivity contribution >= 4 is 5.91 Å². The number of para-hydroxylation sites is 1. The highest BCUT2D eigenvalue weighted by atomic mass is 16.5. The Morgan fingerprint density at radius 3 is 2.24 bits per heavy atom. The van der Waals surface area contributed by atoms with Crippen LogP contribution in [0, 0.1) is 0 Å². The number of benzene rings is 2. The molecule has 166 valence electrons. The van der Waals surface area contributed by atoms with E-state index in [1.807, 2.05) is 70.2 Å². The van der Waals surface area contributed by atoms with Gasteiger partial charge < -0.3 is 9.42 Å². The molecule has 0 spiro atoms. The molecule has 2 aromatic carbocycles. The SMILES string of the molecule is O=C(c1nc(C2CC2)n(-c2ccccc2)n1)N1CCC(c2nc(-c3ccccc3)no2)CC1. The number of aromatic nitrogens is 5. The van der Waals surface area contributed by atoms with E-state index in [-0.39, 0.29) is 17.6 Å². The molecule has 1 amide bonds. The standard InChI is InChI=1S/C25H24N6O2/c32-25(22-26-23(18-11-12-18)31(28-22)20-9-5-2-6-10-20)30-15-13-19(14-16-30)24-27-21(29-33-24)17-7-3-1-4-8-17/h1-10,18-19H,11-16H2. The van der Waals surface area contributed by atoms with Crippen molar-refractivity contribution in [3.63, 3.8) is 0 Å². The number of hydrogen-bond donors (Lipinski definition) is 0. The van der Waals surface area contributed by atoms with Crippen molar-refractivity contribution in [3.05, 3.63) is 78.2 Å². The Morgan fingerprint density at radius 2 is 1.55 bits per heavy atom. The van der Waals surface area contributed by atoms with E-state index in [0.717, 1.165) is 42.8 Å². The first kappa shape index (κ1) is 19.8. The molecular formula is C25H24N6O2. The van der Waals surface area contributed by atoms with Gasteiger partial charge in [0.2, 0.25) is 17.5 Å². The highest BCUT2D eigenvalue weighted by molar-refractivity contribution is 5.90. The van der Waals surface area contributed by atoms with Gasteiger partial charge in [0.25, 0.3) is 5.91 Å². The van der Waals surface area contributed by atoms with Gasteiger partial charge in [0.1, 0.15) is 5.82 Å². The molecule has 8 heteroatoms. The Labute approximate surface area is 191 Å². The first-order valence-electron chi connectivity index (χ1n) is 11.5. The molecule has 1 aliphatic carbocycles. The summed E-state index contributed by atoms with van der Waals surface area (Å²) in [6, 6.07) is 19.7. The lowest BCUT2D eigenvalue weighted by Crippen LogP contribution is -2.38. The van der Waals surface area contributed by atoms with Crippen LogP contribution in [0.4, 0.5) is 0 Å². The van der Waals surface area contributed by atoms with E-state index in [2.05, 4.69) is 20.2 Å². The Balaban J connectivity index is 1.15. The topological polar surface area (TPSA) is 89.9 Å². The van der Waals surface area contributed by atoms with E-state index < -0.39 is 0 Å². The fourth-order valence-electron chi connectivity index (χ4n) is 4.36. The van der Waals surface area contributed by atoms with Gasteiger partial charge in [-0.25, -0.2) is 9.67 Å². The molecule has 6 rings (SSSR count). The van der Waals surface area contributed by atoms with E-state index in [0.29, 0.717) is 30.7 Å². The Kier molecular flexibility index (Phi) is 4.97. The number of piperidine rings is 1. The maximum Gasteiger partial charge on any atom is 0.293 e. The first-order chi connectivity index (χ1) is 16.3. The number of amides is 1. The lowest BCUT2D eigenvalue weighted by Gasteiger charge is -2.29. The zero-order chi connectivity index (χ0) is 22.2. The lowest BCUT2D eigenvalue weighted by molar-refractivity contribution is 0.0692. The van der Waals surface area contributed by atoms with Crippen molar-refractivity contribution in [1.29, 1.82) is 0 Å². The predicted molar refractivity (Wildman–Crippen MR) is 121 cm³/mol. The summed E-state index contributed by atoms with van der Waals surface area (Å²) < 4.78 is 7.38. The Bertz CT molecular complexity index is 1250. The van der Waals surface area contributed by atoms with Crippen LogP contribution in [0.1, 0.15) is 59.9 Å². The molecule has 1 saturated carbocycles. The normalized spacial score (nSPS) is 16.8. The van der Waals surface area contributed by atoms with Crippen LogP contribution in [0.25, 0.3) is 17.1 Å². The van der Waals surface area contributed by atoms with Crippen molar-refractivity contribution in [3.8, 4) is 17.1 Å². The van der Waals surface area contributed by atoms with Crippen LogP contribution >= 0.6 is 0 Å². The minimum absolute atomic E-state index is 0.111. The van der Waals surface area contributed by atoms with Crippen LogP contribution in [0.3, 0.4) is 0 Å². The van der Waals surface area contributed by atoms with E-state index in [4.69, 9.17) is 4.52 Å². The van der Waals surface area contributed by atoms with Crippen molar-refractivity contribution in [2.45, 2.75) is 37.5 Å². The van der Waals surface area contributed by atoms with Crippen LogP contribution in [-0.4, -0.2) is 48.8 Å². The molecule has 3 heterocycles. The summed E-state index contributed by atoms with van der Waals surface area (Å²) in [6.07, 6.45) is 3.74. The van der Waals surface area contributed by atoms with E-state index in [1.54, 1.807) is 0 Å². The van der Waals surface area contributed by atoms with Gasteiger partial charge in [-0.15, -0.1) is 5.10 Å². The molecule has 0 radical (unpaired) electrons. The molecule has 0 N–H and O–H groups in total. The summed E-state index contributed by atoms with van der Waals surface area (Å²) in [4.78, 5) is 24.3. The summed E-state index contributed by atoms with van der Waals surface area (Å²) in [5.74, 6) is 2.84. The van der Waals surface area contributed by atoms with Gasteiger partial charge in [0.15, 0.2) is 0 Å². The number of hydrogen-bond acceptors (Lipinski definition) is 6. The van der Waals surface area contributed by atoms with Crippen LogP contribution in [0.5, 0.6) is 0 Å². The molecule has 0 unspecified atom stereocenters. The van der Waals surface area contributed by atoms with Gasteiger partial charge >= 0.3 is 0 Å². The third-order valence-corrected chi connectivity index (χ3v) is 6.37. The summed E-state index contributed by atoms with van der Waals surface area (Å²) in [7, 11) is 0. The highest BCUT2D eigenvalue weighted by Gasteiger charge is 2.34. The van der Waals surface area contributed by atoms with Crippen molar-refractivity contribution < 1.29 is 9.32 Å². The van der Waals surface area contributed by atoms with Crippen molar-refractivity contribution in [2.75, 3.05) is 13.1 Å². The van der Waals surface area contributed by atoms with Crippen molar-refractivity contribution in [1.82, 2.24) is 29.8 Å². The highest BCUT2D eigenvalue weighted by Crippen LogP contribution is 2.40. The summed E-state index contributed by atoms with van der Waals surface area (Å²) in [5, 5.41) is 8.74. The van der Waals surface area contributed by atoms with Crippen LogP contribution in [0.2, 0.25) is 0 Å². The van der Waals surface area contributed by atoms with Gasteiger partial charge in [0, 0.05) is 30.5 Å². The fourth-order valence-corrected chi connectivity index (χ4v) is 4.36. The summed E-state index contributed by atoms with van der Waals surface area (Å²) in [5.41, 5.74) is 1.88. The van der Waals surface area contributed by atoms with Gasteiger partial charge in [0.05, 0.1) is 5.69 Å². The van der Waals surface area contributed by atoms with Crippen LogP contribution in [0.15, 0.2) is 65.2 Å². The third kappa shape index (κ3) is 3.92. The predicted octanol–water partition coefficient (Wildman–Crippen LogP) is 4.21. The second kappa shape index (κ2) is 8.27. The van der Waals surface area contributed by atoms with Gasteiger partial charge in [-0.2, -0.15) is 4.98 Å². The molecule has 2 aliphatic rings. The minimum Gasteiger partial charge on any atom is -0.339 e. The zero-order valence-electron chi connectivity index (χ0n) is 18.2. The summed E-state index contributed by atoms with van der Waals surface area (Å²) >= 11 is 0. The average Bonchev–Trinajstić information content (AvgIpc) is 3.43. The first-order valence-corrected chi connectivity index (χ1v) is 11.5. The molecule has 1 saturated heterocycles. The monoisotopic (exact) mass is 440 g/mol. The van der Waals surface area contributed by atoms with Crippen LogP contribution < -0.4 is 0 Å². The number of rotatable bonds is 5. The largest absolute Gasteiger partial charge is 0.339 e. The second-order valence-corrected chi connectivity index (χ2v) is 8.70. The average molecular weight is 441 g/mol. The van der Waals surface area contributed by atoms with Gasteiger partial charge in [-0.3, -0.25) is 4.79 Å².